The molecule has 2 fully saturated rings. The van der Waals surface area contributed by atoms with Crippen LogP contribution in [0.2, 0.25) is 0 Å². The number of nitrogens with zero attached hydrogens (tertiary/aromatic N) is 3. The quantitative estimate of drug-likeness (QED) is 0.828. The molecule has 0 spiro atoms. The molecule has 1 unspecified atom stereocenters. The van der Waals surface area contributed by atoms with Gasteiger partial charge in [0, 0.05) is 50.4 Å². The normalized spacial score (nSPS) is 24.8. The number of aromatic nitrogens is 1. The summed E-state index contributed by atoms with van der Waals surface area (Å²) in [6.45, 7) is 5.20. The lowest BCUT2D eigenvalue weighted by atomic mass is 10.2. The molecule has 1 atom stereocenters. The molecule has 1 aromatic rings. The number of rotatable bonds is 3. The van der Waals surface area contributed by atoms with E-state index in [1.807, 2.05) is 16.6 Å². The fraction of sp³-hybridized carbons (Fsp3) is 0.692. The second kappa shape index (κ2) is 5.98. The zero-order valence-electron chi connectivity index (χ0n) is 11.0. The third-order valence-electron chi connectivity index (χ3n) is 3.75. The monoisotopic (exact) mass is 281 g/mol. The van der Waals surface area contributed by atoms with Gasteiger partial charge in [0.15, 0.2) is 0 Å². The van der Waals surface area contributed by atoms with Gasteiger partial charge < -0.3 is 9.64 Å². The number of hydrogen-bond donors (Lipinski definition) is 0. The van der Waals surface area contributed by atoms with E-state index in [1.54, 1.807) is 11.3 Å². The second-order valence-corrected chi connectivity index (χ2v) is 6.04. The first-order valence-electron chi connectivity index (χ1n) is 6.83. The van der Waals surface area contributed by atoms with Crippen molar-refractivity contribution in [3.8, 4) is 0 Å². The van der Waals surface area contributed by atoms with Crippen molar-refractivity contribution in [2.75, 3.05) is 32.8 Å². The van der Waals surface area contributed by atoms with Crippen LogP contribution in [0.3, 0.4) is 0 Å². The molecule has 3 rings (SSSR count). The van der Waals surface area contributed by atoms with Crippen molar-refractivity contribution in [1.82, 2.24) is 14.8 Å². The fourth-order valence-electron chi connectivity index (χ4n) is 2.64. The molecule has 6 heteroatoms. The Bertz CT molecular complexity index is 410. The van der Waals surface area contributed by atoms with E-state index >= 15 is 0 Å². The van der Waals surface area contributed by atoms with Gasteiger partial charge in [0.05, 0.1) is 5.51 Å². The molecule has 0 aliphatic carbocycles. The van der Waals surface area contributed by atoms with E-state index < -0.39 is 0 Å². The smallest absolute Gasteiger partial charge is 0.251 e. The number of thiazole rings is 1. The Hall–Kier alpha value is -0.980. The van der Waals surface area contributed by atoms with Gasteiger partial charge >= 0.3 is 0 Å². The van der Waals surface area contributed by atoms with Gasteiger partial charge in [0.25, 0.3) is 5.91 Å². The summed E-state index contributed by atoms with van der Waals surface area (Å²) in [6.07, 6.45) is 3.66. The highest BCUT2D eigenvalue weighted by Gasteiger charge is 2.30. The Balaban J connectivity index is 1.47. The third-order valence-corrected chi connectivity index (χ3v) is 4.52. The summed E-state index contributed by atoms with van der Waals surface area (Å²) in [4.78, 5) is 21.9. The minimum absolute atomic E-state index is 0.173. The average molecular weight is 281 g/mol. The molecule has 0 saturated carbocycles. The molecule has 5 nitrogen and oxygen atoms in total. The molecule has 104 valence electrons. The lowest BCUT2D eigenvalue weighted by Gasteiger charge is -2.35. The van der Waals surface area contributed by atoms with Crippen LogP contribution in [-0.2, 0) is 16.1 Å². The second-order valence-electron chi connectivity index (χ2n) is 5.07. The summed E-state index contributed by atoms with van der Waals surface area (Å²) in [7, 11) is 0. The van der Waals surface area contributed by atoms with Gasteiger partial charge in [0.1, 0.15) is 6.10 Å². The number of hydrogen-bond acceptors (Lipinski definition) is 5. The number of carbonyl (C=O) groups excluding carboxylic acids is 1. The van der Waals surface area contributed by atoms with Crippen molar-refractivity contribution in [3.05, 3.63) is 16.6 Å². The van der Waals surface area contributed by atoms with Gasteiger partial charge in [0.2, 0.25) is 0 Å². The maximum atomic E-state index is 12.2. The Morgan fingerprint density at radius 2 is 2.26 bits per heavy atom. The molecule has 0 radical (unpaired) electrons. The molecule has 0 N–H and O–H groups in total. The molecule has 3 heterocycles. The van der Waals surface area contributed by atoms with Gasteiger partial charge in [-0.1, -0.05) is 0 Å². The van der Waals surface area contributed by atoms with E-state index in [2.05, 4.69) is 9.88 Å². The molecular weight excluding hydrogens is 262 g/mol. The third kappa shape index (κ3) is 3.13. The van der Waals surface area contributed by atoms with E-state index in [0.717, 1.165) is 52.2 Å². The Morgan fingerprint density at radius 3 is 2.89 bits per heavy atom. The van der Waals surface area contributed by atoms with Gasteiger partial charge in [-0.25, -0.2) is 0 Å². The zero-order chi connectivity index (χ0) is 13.1. The average Bonchev–Trinajstić information content (AvgIpc) is 3.12. The van der Waals surface area contributed by atoms with Crippen LogP contribution in [0.25, 0.3) is 0 Å². The Morgan fingerprint density at radius 1 is 1.42 bits per heavy atom. The van der Waals surface area contributed by atoms with Crippen LogP contribution in [0.15, 0.2) is 11.7 Å². The largest absolute Gasteiger partial charge is 0.368 e. The van der Waals surface area contributed by atoms with E-state index in [0.29, 0.717) is 0 Å². The molecule has 0 bridgehead atoms. The first kappa shape index (κ1) is 13.0. The van der Waals surface area contributed by atoms with E-state index in [9.17, 15) is 4.79 Å². The van der Waals surface area contributed by atoms with Crippen molar-refractivity contribution in [3.63, 3.8) is 0 Å². The highest BCUT2D eigenvalue weighted by atomic mass is 32.1. The van der Waals surface area contributed by atoms with Crippen LogP contribution in [-0.4, -0.2) is 59.6 Å². The summed E-state index contributed by atoms with van der Waals surface area (Å²) in [5, 5.41) is 0. The topological polar surface area (TPSA) is 45.7 Å². The summed E-state index contributed by atoms with van der Waals surface area (Å²) >= 11 is 1.69. The van der Waals surface area contributed by atoms with Gasteiger partial charge in [-0.05, 0) is 12.8 Å². The summed E-state index contributed by atoms with van der Waals surface area (Å²) in [5.41, 5.74) is 1.87. The van der Waals surface area contributed by atoms with Crippen molar-refractivity contribution in [1.29, 1.82) is 0 Å². The molecule has 2 saturated heterocycles. The predicted molar refractivity (Wildman–Crippen MR) is 72.9 cm³/mol. The maximum absolute atomic E-state index is 12.2. The van der Waals surface area contributed by atoms with Crippen molar-refractivity contribution in [2.24, 2.45) is 0 Å². The molecule has 2 aliphatic heterocycles. The van der Waals surface area contributed by atoms with Crippen LogP contribution in [0.4, 0.5) is 0 Å². The molecule has 1 amide bonds. The SMILES string of the molecule is O=C(C1CCCO1)N1CCN(Cc2cncs2)CC1. The molecule has 1 aromatic heterocycles. The van der Waals surface area contributed by atoms with E-state index in [1.165, 1.54) is 4.88 Å². The molecular formula is C13H19N3O2S. The number of carbonyl (C=O) groups is 1. The highest BCUT2D eigenvalue weighted by molar-refractivity contribution is 7.09. The van der Waals surface area contributed by atoms with E-state index in [-0.39, 0.29) is 12.0 Å². The van der Waals surface area contributed by atoms with Crippen LogP contribution in [0, 0.1) is 0 Å². The highest BCUT2D eigenvalue weighted by Crippen LogP contribution is 2.17. The van der Waals surface area contributed by atoms with Crippen LogP contribution in [0.1, 0.15) is 17.7 Å². The molecule has 19 heavy (non-hydrogen) atoms. The lowest BCUT2D eigenvalue weighted by Crippen LogP contribution is -2.51. The summed E-state index contributed by atoms with van der Waals surface area (Å²) in [5.74, 6) is 0.190. The lowest BCUT2D eigenvalue weighted by molar-refractivity contribution is -0.142. The first-order valence-corrected chi connectivity index (χ1v) is 7.71. The summed E-state index contributed by atoms with van der Waals surface area (Å²) < 4.78 is 5.47. The van der Waals surface area contributed by atoms with E-state index in [4.69, 9.17) is 4.74 Å². The maximum Gasteiger partial charge on any atom is 0.251 e. The molecule has 0 aromatic carbocycles. The van der Waals surface area contributed by atoms with Crippen LogP contribution in [0.5, 0.6) is 0 Å². The van der Waals surface area contributed by atoms with Crippen LogP contribution < -0.4 is 0 Å². The van der Waals surface area contributed by atoms with Crippen molar-refractivity contribution < 1.29 is 9.53 Å². The summed E-state index contributed by atoms with van der Waals surface area (Å²) in [6, 6.07) is 0. The van der Waals surface area contributed by atoms with Crippen molar-refractivity contribution >= 4 is 17.2 Å². The zero-order valence-corrected chi connectivity index (χ0v) is 11.8. The van der Waals surface area contributed by atoms with Gasteiger partial charge in [-0.2, -0.15) is 0 Å². The van der Waals surface area contributed by atoms with Crippen LogP contribution >= 0.6 is 11.3 Å². The fourth-order valence-corrected chi connectivity index (χ4v) is 3.28. The standard InChI is InChI=1S/C13H19N3O2S/c17-13(12-2-1-7-18-12)16-5-3-15(4-6-16)9-11-8-14-10-19-11/h8,10,12H,1-7,9H2. The predicted octanol–water partition coefficient (Wildman–Crippen LogP) is 0.966. The molecule has 2 aliphatic rings. The first-order chi connectivity index (χ1) is 9.33. The van der Waals surface area contributed by atoms with Crippen molar-refractivity contribution in [2.45, 2.75) is 25.5 Å². The Kier molecular flexibility index (Phi) is 4.10. The number of amides is 1. The van der Waals surface area contributed by atoms with Gasteiger partial charge in [-0.3, -0.25) is 14.7 Å². The number of piperazine rings is 1. The Labute approximate surface area is 117 Å². The number of ether oxygens (including phenoxy) is 1. The minimum Gasteiger partial charge on any atom is -0.368 e. The minimum atomic E-state index is -0.173. The van der Waals surface area contributed by atoms with Gasteiger partial charge in [-0.15, -0.1) is 11.3 Å².